The van der Waals surface area contributed by atoms with Gasteiger partial charge < -0.3 is 45.8 Å². The van der Waals surface area contributed by atoms with Crippen LogP contribution >= 0.6 is 0 Å². The van der Waals surface area contributed by atoms with Crippen LogP contribution in [-0.4, -0.2) is 86.0 Å². The van der Waals surface area contributed by atoms with Crippen LogP contribution in [0.3, 0.4) is 0 Å². The monoisotopic (exact) mass is 345 g/mol. The number of phenols is 2. The molecule has 0 aromatic heterocycles. The first-order valence-electron chi connectivity index (χ1n) is 7.56. The van der Waals surface area contributed by atoms with Crippen molar-refractivity contribution < 1.29 is 40.5 Å². The lowest BCUT2D eigenvalue weighted by molar-refractivity contribution is -0.227. The zero-order chi connectivity index (χ0) is 17.9. The minimum absolute atomic E-state index is 0.0548. The Morgan fingerprint density at radius 3 is 2.29 bits per heavy atom. The molecule has 0 spiro atoms. The molecule has 1 aromatic carbocycles. The molecule has 24 heavy (non-hydrogen) atoms. The van der Waals surface area contributed by atoms with E-state index in [1.54, 1.807) is 0 Å². The van der Waals surface area contributed by atoms with E-state index < -0.39 is 43.2 Å². The zero-order valence-electron chi connectivity index (χ0n) is 12.9. The van der Waals surface area contributed by atoms with Crippen molar-refractivity contribution in [3.8, 4) is 11.5 Å². The number of aliphatic hydroxyl groups is 5. The Balaban J connectivity index is 1.87. The minimum Gasteiger partial charge on any atom is -0.504 e. The highest BCUT2D eigenvalue weighted by atomic mass is 16.5. The first-order valence-corrected chi connectivity index (χ1v) is 7.56. The van der Waals surface area contributed by atoms with E-state index in [2.05, 4.69) is 5.32 Å². The molecule has 1 unspecified atom stereocenters. The van der Waals surface area contributed by atoms with Gasteiger partial charge in [-0.25, -0.2) is 0 Å². The van der Waals surface area contributed by atoms with Crippen LogP contribution in [0, 0.1) is 0 Å². The van der Waals surface area contributed by atoms with Crippen LogP contribution in [0.15, 0.2) is 18.2 Å². The Labute approximate surface area is 138 Å². The molecule has 1 aliphatic rings. The van der Waals surface area contributed by atoms with Crippen LogP contribution in [0.4, 0.5) is 0 Å². The number of nitrogens with one attached hydrogen (secondary N) is 1. The quantitative estimate of drug-likeness (QED) is 0.262. The Kier molecular flexibility index (Phi) is 6.35. The summed E-state index contributed by atoms with van der Waals surface area (Å²) in [4.78, 5) is 0. The Morgan fingerprint density at radius 1 is 1.00 bits per heavy atom. The highest BCUT2D eigenvalue weighted by Crippen LogP contribution is 2.27. The van der Waals surface area contributed by atoms with Gasteiger partial charge in [-0.1, -0.05) is 6.07 Å². The second-order valence-electron chi connectivity index (χ2n) is 5.79. The van der Waals surface area contributed by atoms with Gasteiger partial charge in [-0.05, 0) is 17.7 Å². The Hall–Kier alpha value is -1.46. The van der Waals surface area contributed by atoms with Crippen LogP contribution < -0.4 is 5.32 Å². The minimum atomic E-state index is -1.44. The SMILES string of the molecule is OC[C@H]1O[C@H](CNCC(O)c2ccc(O)c(O)c2)[C@H](O)[C@@H](O)[C@@H]1O. The van der Waals surface area contributed by atoms with Gasteiger partial charge in [-0.3, -0.25) is 0 Å². The summed E-state index contributed by atoms with van der Waals surface area (Å²) >= 11 is 0. The number of phenolic OH excluding ortho intramolecular Hbond substituents is 2. The molecule has 1 fully saturated rings. The van der Waals surface area contributed by atoms with Gasteiger partial charge in [0.15, 0.2) is 11.5 Å². The zero-order valence-corrected chi connectivity index (χ0v) is 12.9. The normalized spacial score (nSPS) is 31.8. The number of ether oxygens (including phenoxy) is 1. The van der Waals surface area contributed by atoms with Crippen molar-refractivity contribution in [1.82, 2.24) is 5.32 Å². The maximum Gasteiger partial charge on any atom is 0.157 e. The third-order valence-corrected chi connectivity index (χ3v) is 4.06. The van der Waals surface area contributed by atoms with E-state index in [1.165, 1.54) is 18.2 Å². The van der Waals surface area contributed by atoms with Crippen molar-refractivity contribution in [3.05, 3.63) is 23.8 Å². The van der Waals surface area contributed by atoms with Crippen LogP contribution in [0.2, 0.25) is 0 Å². The van der Waals surface area contributed by atoms with E-state index >= 15 is 0 Å². The first-order chi connectivity index (χ1) is 11.3. The Morgan fingerprint density at radius 2 is 1.67 bits per heavy atom. The van der Waals surface area contributed by atoms with Crippen molar-refractivity contribution in [2.24, 2.45) is 0 Å². The molecule has 0 aliphatic carbocycles. The van der Waals surface area contributed by atoms with E-state index in [4.69, 9.17) is 9.84 Å². The van der Waals surface area contributed by atoms with Gasteiger partial charge in [0.2, 0.25) is 0 Å². The van der Waals surface area contributed by atoms with Gasteiger partial charge in [-0.15, -0.1) is 0 Å². The van der Waals surface area contributed by atoms with Crippen LogP contribution in [0.5, 0.6) is 11.5 Å². The number of aromatic hydroxyl groups is 2. The topological polar surface area (TPSA) is 163 Å². The number of benzene rings is 1. The van der Waals surface area contributed by atoms with Crippen LogP contribution in [0.1, 0.15) is 11.7 Å². The van der Waals surface area contributed by atoms with Crippen molar-refractivity contribution in [3.63, 3.8) is 0 Å². The fraction of sp³-hybridized carbons (Fsp3) is 0.600. The van der Waals surface area contributed by atoms with E-state index in [0.29, 0.717) is 5.56 Å². The summed E-state index contributed by atoms with van der Waals surface area (Å²) in [5, 5.41) is 69.9. The van der Waals surface area contributed by atoms with Crippen molar-refractivity contribution >= 4 is 0 Å². The largest absolute Gasteiger partial charge is 0.504 e. The third-order valence-electron chi connectivity index (χ3n) is 4.06. The van der Waals surface area contributed by atoms with Crippen molar-refractivity contribution in [2.75, 3.05) is 19.7 Å². The second kappa shape index (κ2) is 8.08. The lowest BCUT2D eigenvalue weighted by atomic mass is 9.95. The maximum atomic E-state index is 10.0. The number of aliphatic hydroxyl groups excluding tert-OH is 5. The highest BCUT2D eigenvalue weighted by molar-refractivity contribution is 5.41. The molecule has 0 radical (unpaired) electrons. The molecule has 9 heteroatoms. The van der Waals surface area contributed by atoms with Gasteiger partial charge in [0, 0.05) is 13.1 Å². The summed E-state index contributed by atoms with van der Waals surface area (Å²) in [6.07, 6.45) is -7.03. The molecule has 8 N–H and O–H groups in total. The summed E-state index contributed by atoms with van der Waals surface area (Å²) in [6.45, 7) is -0.390. The molecular weight excluding hydrogens is 322 g/mol. The lowest BCUT2D eigenvalue weighted by Gasteiger charge is -2.40. The van der Waals surface area contributed by atoms with Gasteiger partial charge in [0.1, 0.15) is 24.4 Å². The summed E-state index contributed by atoms with van der Waals surface area (Å²) in [5.74, 6) is -0.638. The summed E-state index contributed by atoms with van der Waals surface area (Å²) in [5.41, 5.74) is 0.381. The standard InChI is InChI=1S/C15H23NO8/c17-6-12-14(22)15(23)13(21)11(24-12)5-16-4-10(20)7-1-2-8(18)9(19)3-7/h1-3,10-23H,4-6H2/t10?,11-,12-,13+,14-,15-/m1/s1. The third kappa shape index (κ3) is 4.14. The molecule has 2 rings (SSSR count). The van der Waals surface area contributed by atoms with Gasteiger partial charge in [-0.2, -0.15) is 0 Å². The molecule has 1 aromatic rings. The maximum absolute atomic E-state index is 10.0. The molecule has 9 nitrogen and oxygen atoms in total. The molecule has 136 valence electrons. The van der Waals surface area contributed by atoms with Gasteiger partial charge in [0.05, 0.1) is 18.8 Å². The molecule has 0 saturated carbocycles. The van der Waals surface area contributed by atoms with E-state index in [9.17, 15) is 30.6 Å². The van der Waals surface area contributed by atoms with Gasteiger partial charge >= 0.3 is 0 Å². The molecule has 1 saturated heterocycles. The fourth-order valence-corrected chi connectivity index (χ4v) is 2.58. The summed E-state index contributed by atoms with van der Waals surface area (Å²) in [7, 11) is 0. The molecule has 1 heterocycles. The molecule has 0 bridgehead atoms. The molecular formula is C15H23NO8. The predicted molar refractivity (Wildman–Crippen MR) is 81.4 cm³/mol. The summed E-state index contributed by atoms with van der Waals surface area (Å²) < 4.78 is 5.33. The molecule has 0 amide bonds. The first kappa shape index (κ1) is 18.9. The predicted octanol–water partition coefficient (Wildman–Crippen LogP) is -2.44. The van der Waals surface area contributed by atoms with E-state index in [1.807, 2.05) is 0 Å². The smallest absolute Gasteiger partial charge is 0.157 e. The molecule has 1 aliphatic heterocycles. The van der Waals surface area contributed by atoms with Crippen LogP contribution in [0.25, 0.3) is 0 Å². The van der Waals surface area contributed by atoms with Crippen molar-refractivity contribution in [2.45, 2.75) is 36.6 Å². The number of hydrogen-bond acceptors (Lipinski definition) is 9. The fourth-order valence-electron chi connectivity index (χ4n) is 2.58. The second-order valence-corrected chi connectivity index (χ2v) is 5.79. The van der Waals surface area contributed by atoms with Crippen LogP contribution in [-0.2, 0) is 4.74 Å². The van der Waals surface area contributed by atoms with Gasteiger partial charge in [0.25, 0.3) is 0 Å². The molecule has 6 atom stereocenters. The van der Waals surface area contributed by atoms with E-state index in [0.717, 1.165) is 0 Å². The lowest BCUT2D eigenvalue weighted by Crippen LogP contribution is -2.60. The summed E-state index contributed by atoms with van der Waals surface area (Å²) in [6, 6.07) is 3.94. The average Bonchev–Trinajstić information content (AvgIpc) is 2.57. The number of rotatable bonds is 6. The van der Waals surface area contributed by atoms with Crippen molar-refractivity contribution in [1.29, 1.82) is 0 Å². The average molecular weight is 345 g/mol. The number of hydrogen-bond donors (Lipinski definition) is 8. The highest BCUT2D eigenvalue weighted by Gasteiger charge is 2.43. The van der Waals surface area contributed by atoms with E-state index in [-0.39, 0.29) is 24.6 Å². The Bertz CT molecular complexity index is 540.